The molecule has 0 radical (unpaired) electrons. The van der Waals surface area contributed by atoms with Gasteiger partial charge in [0.2, 0.25) is 0 Å². The molecular weight excluding hydrogens is 609 g/mol. The van der Waals surface area contributed by atoms with Crippen LogP contribution in [-0.2, 0) is 0 Å². The van der Waals surface area contributed by atoms with E-state index < -0.39 is 0 Å². The second-order valence-electron chi connectivity index (χ2n) is 12.8. The zero-order valence-electron chi connectivity index (χ0n) is 27.1. The van der Waals surface area contributed by atoms with Crippen molar-refractivity contribution in [3.8, 4) is 22.3 Å². The van der Waals surface area contributed by atoms with E-state index in [0.717, 1.165) is 49.9 Å². The van der Waals surface area contributed by atoms with Gasteiger partial charge in [0.15, 0.2) is 0 Å². The first-order valence-corrected chi connectivity index (χ1v) is 16.9. The van der Waals surface area contributed by atoms with Crippen molar-refractivity contribution >= 4 is 71.4 Å². The number of fused-ring (bicyclic) bond motifs is 7. The maximum Gasteiger partial charge on any atom is 0.136 e. The Morgan fingerprint density at radius 3 is 1.80 bits per heavy atom. The number of para-hydroxylation sites is 1. The fourth-order valence-electron chi connectivity index (χ4n) is 7.40. The van der Waals surface area contributed by atoms with Crippen molar-refractivity contribution in [3.05, 3.63) is 182 Å². The number of nitrogens with zero attached hydrogens (tertiary/aromatic N) is 2. The van der Waals surface area contributed by atoms with Crippen LogP contribution in [0.1, 0.15) is 0 Å². The monoisotopic (exact) mass is 638 g/mol. The van der Waals surface area contributed by atoms with Crippen LogP contribution in [0.5, 0.6) is 0 Å². The molecule has 2 heterocycles. The van der Waals surface area contributed by atoms with E-state index in [9.17, 15) is 0 Å². The van der Waals surface area contributed by atoms with Gasteiger partial charge in [0.25, 0.3) is 0 Å². The molecule has 234 valence electrons. The summed E-state index contributed by atoms with van der Waals surface area (Å²) in [7, 11) is 0. The molecule has 0 unspecified atom stereocenters. The van der Waals surface area contributed by atoms with Crippen LogP contribution in [0.25, 0.3) is 76.6 Å². The predicted octanol–water partition coefficient (Wildman–Crippen LogP) is 13.2. The molecule has 3 heteroatoms. The second kappa shape index (κ2) is 11.5. The quantitative estimate of drug-likeness (QED) is 0.176. The molecule has 8 aromatic carbocycles. The Balaban J connectivity index is 1.11. The number of aromatic nitrogens is 1. The van der Waals surface area contributed by atoms with Gasteiger partial charge in [-0.25, -0.2) is 0 Å². The first kappa shape index (κ1) is 28.3. The lowest BCUT2D eigenvalue weighted by Crippen LogP contribution is -2.10. The molecule has 0 fully saturated rings. The van der Waals surface area contributed by atoms with Gasteiger partial charge in [0.05, 0.1) is 11.2 Å². The minimum Gasteiger partial charge on any atom is -0.456 e. The Kier molecular flexibility index (Phi) is 6.49. The van der Waals surface area contributed by atoms with Gasteiger partial charge in [-0.05, 0) is 98.4 Å². The number of furan rings is 1. The Hall–Kier alpha value is -6.71. The summed E-state index contributed by atoms with van der Waals surface area (Å²) in [5.74, 6) is 0. The highest BCUT2D eigenvalue weighted by molar-refractivity contribution is 6.12. The third-order valence-corrected chi connectivity index (χ3v) is 9.89. The van der Waals surface area contributed by atoms with Crippen molar-refractivity contribution in [2.24, 2.45) is 0 Å². The van der Waals surface area contributed by atoms with Gasteiger partial charge in [-0.15, -0.1) is 0 Å². The SMILES string of the molecule is c1ccc(-c2ccc(N(c3ccc(-c4ccc5c(ccc6ccccc65)c4)cc3)c3ccnc4cc5c(cc34)oc3ccccc35)cc2)cc1. The standard InChI is InChI=1S/C47H30N2O/c1-2-8-31(9-3-1)32-16-21-37(22-17-32)49(45-26-27-48-44-29-42-41-12-6-7-13-46(41)50-47(42)30-43(44)45)38-23-18-33(19-24-38)35-20-25-40-36(28-35)15-14-34-10-4-5-11-39(34)40/h1-30H. The van der Waals surface area contributed by atoms with Crippen LogP contribution in [0, 0.1) is 0 Å². The average molecular weight is 639 g/mol. The summed E-state index contributed by atoms with van der Waals surface area (Å²) in [6.45, 7) is 0. The molecule has 10 aromatic rings. The number of benzene rings is 8. The minimum atomic E-state index is 0.853. The van der Waals surface area contributed by atoms with Crippen LogP contribution >= 0.6 is 0 Å². The summed E-state index contributed by atoms with van der Waals surface area (Å²) in [4.78, 5) is 7.15. The van der Waals surface area contributed by atoms with Crippen LogP contribution in [0.3, 0.4) is 0 Å². The molecule has 0 aliphatic rings. The van der Waals surface area contributed by atoms with Crippen LogP contribution in [0.15, 0.2) is 187 Å². The molecule has 0 aliphatic heterocycles. The lowest BCUT2D eigenvalue weighted by molar-refractivity contribution is 0.669. The molecule has 0 saturated heterocycles. The minimum absolute atomic E-state index is 0.853. The van der Waals surface area contributed by atoms with Crippen LogP contribution in [-0.4, -0.2) is 4.98 Å². The second-order valence-corrected chi connectivity index (χ2v) is 12.8. The molecule has 2 aromatic heterocycles. The van der Waals surface area contributed by atoms with Crippen LogP contribution in [0.4, 0.5) is 17.1 Å². The largest absolute Gasteiger partial charge is 0.456 e. The number of hydrogen-bond donors (Lipinski definition) is 0. The maximum atomic E-state index is 6.34. The van der Waals surface area contributed by atoms with E-state index in [1.165, 1.54) is 43.8 Å². The highest BCUT2D eigenvalue weighted by atomic mass is 16.3. The average Bonchev–Trinajstić information content (AvgIpc) is 3.55. The molecular formula is C47H30N2O. The molecule has 0 aliphatic carbocycles. The molecule has 0 amide bonds. The lowest BCUT2D eigenvalue weighted by Gasteiger charge is -2.27. The van der Waals surface area contributed by atoms with E-state index in [-0.39, 0.29) is 0 Å². The van der Waals surface area contributed by atoms with Gasteiger partial charge in [-0.1, -0.05) is 121 Å². The fourth-order valence-corrected chi connectivity index (χ4v) is 7.40. The summed E-state index contributed by atoms with van der Waals surface area (Å²) in [5.41, 5.74) is 10.6. The number of hydrogen-bond acceptors (Lipinski definition) is 3. The summed E-state index contributed by atoms with van der Waals surface area (Å²) in [6, 6.07) is 62.6. The zero-order chi connectivity index (χ0) is 33.0. The molecule has 0 atom stereocenters. The van der Waals surface area contributed by atoms with Crippen molar-refractivity contribution in [1.29, 1.82) is 0 Å². The van der Waals surface area contributed by atoms with E-state index in [1.54, 1.807) is 0 Å². The molecule has 0 bridgehead atoms. The smallest absolute Gasteiger partial charge is 0.136 e. The summed E-state index contributed by atoms with van der Waals surface area (Å²) in [6.07, 6.45) is 1.91. The van der Waals surface area contributed by atoms with Gasteiger partial charge < -0.3 is 9.32 Å². The van der Waals surface area contributed by atoms with Gasteiger partial charge in [-0.3, -0.25) is 4.98 Å². The van der Waals surface area contributed by atoms with Crippen molar-refractivity contribution in [2.45, 2.75) is 0 Å². The van der Waals surface area contributed by atoms with Crippen LogP contribution in [0.2, 0.25) is 0 Å². The van der Waals surface area contributed by atoms with E-state index in [4.69, 9.17) is 9.40 Å². The van der Waals surface area contributed by atoms with Crippen molar-refractivity contribution in [2.75, 3.05) is 4.90 Å². The zero-order valence-corrected chi connectivity index (χ0v) is 27.1. The highest BCUT2D eigenvalue weighted by Gasteiger charge is 2.18. The Morgan fingerprint density at radius 1 is 0.380 bits per heavy atom. The molecule has 0 N–H and O–H groups in total. The summed E-state index contributed by atoms with van der Waals surface area (Å²) in [5, 5.41) is 8.26. The lowest BCUT2D eigenvalue weighted by atomic mass is 9.97. The third kappa shape index (κ3) is 4.71. The molecule has 3 nitrogen and oxygen atoms in total. The van der Waals surface area contributed by atoms with Gasteiger partial charge >= 0.3 is 0 Å². The highest BCUT2D eigenvalue weighted by Crippen LogP contribution is 2.42. The van der Waals surface area contributed by atoms with E-state index in [2.05, 4.69) is 169 Å². The van der Waals surface area contributed by atoms with Gasteiger partial charge in [0.1, 0.15) is 11.2 Å². The molecule has 50 heavy (non-hydrogen) atoms. The first-order valence-electron chi connectivity index (χ1n) is 16.9. The summed E-state index contributed by atoms with van der Waals surface area (Å²) >= 11 is 0. The Morgan fingerprint density at radius 2 is 1.00 bits per heavy atom. The molecule has 0 spiro atoms. The number of anilines is 3. The van der Waals surface area contributed by atoms with Gasteiger partial charge in [0, 0.05) is 33.7 Å². The fraction of sp³-hybridized carbons (Fsp3) is 0. The third-order valence-electron chi connectivity index (χ3n) is 9.89. The number of pyridine rings is 1. The topological polar surface area (TPSA) is 29.3 Å². The Bertz CT molecular complexity index is 2850. The Labute approximate surface area is 289 Å². The van der Waals surface area contributed by atoms with Crippen molar-refractivity contribution in [1.82, 2.24) is 4.98 Å². The molecule has 0 saturated carbocycles. The van der Waals surface area contributed by atoms with Crippen molar-refractivity contribution < 1.29 is 4.42 Å². The predicted molar refractivity (Wildman–Crippen MR) is 210 cm³/mol. The number of rotatable bonds is 5. The van der Waals surface area contributed by atoms with E-state index in [1.807, 2.05) is 18.3 Å². The van der Waals surface area contributed by atoms with Gasteiger partial charge in [-0.2, -0.15) is 0 Å². The maximum absolute atomic E-state index is 6.34. The van der Waals surface area contributed by atoms with Crippen LogP contribution < -0.4 is 4.90 Å². The summed E-state index contributed by atoms with van der Waals surface area (Å²) < 4.78 is 6.34. The first-order chi connectivity index (χ1) is 24.8. The van der Waals surface area contributed by atoms with Crippen molar-refractivity contribution in [3.63, 3.8) is 0 Å². The van der Waals surface area contributed by atoms with E-state index >= 15 is 0 Å². The normalized spacial score (nSPS) is 11.6. The molecule has 10 rings (SSSR count). The van der Waals surface area contributed by atoms with E-state index in [0.29, 0.717) is 0 Å².